The Hall–Kier alpha value is -2.13. The summed E-state index contributed by atoms with van der Waals surface area (Å²) in [5.74, 6) is -0.389. The van der Waals surface area contributed by atoms with Gasteiger partial charge in [-0.3, -0.25) is 4.79 Å². The molecule has 136 valence electrons. The molecule has 1 aliphatic heterocycles. The van der Waals surface area contributed by atoms with E-state index in [1.165, 1.54) is 16.4 Å². The molecule has 2 N–H and O–H groups in total. The fourth-order valence-corrected chi connectivity index (χ4v) is 4.93. The highest BCUT2D eigenvalue weighted by atomic mass is 32.2. The lowest BCUT2D eigenvalue weighted by atomic mass is 10.0. The number of piperidine rings is 1. The number of fused-ring (bicyclic) bond motifs is 1. The second-order valence-electron chi connectivity index (χ2n) is 6.06. The quantitative estimate of drug-likeness (QED) is 0.775. The monoisotopic (exact) mass is 367 g/mol. The number of hydrogen-bond acceptors (Lipinski definition) is 5. The van der Waals surface area contributed by atoms with Gasteiger partial charge >= 0.3 is 11.7 Å². The van der Waals surface area contributed by atoms with E-state index in [1.54, 1.807) is 13.0 Å². The van der Waals surface area contributed by atoms with E-state index in [-0.39, 0.29) is 29.6 Å². The van der Waals surface area contributed by atoms with Crippen molar-refractivity contribution in [3.8, 4) is 0 Å². The van der Waals surface area contributed by atoms with Gasteiger partial charge in [0.25, 0.3) is 0 Å². The normalized spacial score (nSPS) is 19.2. The van der Waals surface area contributed by atoms with Crippen LogP contribution in [-0.4, -0.2) is 47.9 Å². The van der Waals surface area contributed by atoms with Crippen LogP contribution in [0.2, 0.25) is 0 Å². The minimum Gasteiger partial charge on any atom is -0.466 e. The van der Waals surface area contributed by atoms with Gasteiger partial charge in [0.15, 0.2) is 0 Å². The van der Waals surface area contributed by atoms with Crippen LogP contribution >= 0.6 is 0 Å². The Labute approximate surface area is 145 Å². The Kier molecular flexibility index (Phi) is 4.96. The van der Waals surface area contributed by atoms with E-state index in [4.69, 9.17) is 4.74 Å². The molecule has 25 heavy (non-hydrogen) atoms. The van der Waals surface area contributed by atoms with Crippen molar-refractivity contribution in [3.05, 3.63) is 28.7 Å². The Morgan fingerprint density at radius 2 is 2.04 bits per heavy atom. The fraction of sp³-hybridized carbons (Fsp3) is 0.500. The summed E-state index contributed by atoms with van der Waals surface area (Å²) in [4.78, 5) is 28.4. The molecule has 0 bridgehead atoms. The van der Waals surface area contributed by atoms with E-state index < -0.39 is 16.1 Å². The van der Waals surface area contributed by atoms with E-state index in [0.29, 0.717) is 24.0 Å². The molecule has 2 aromatic rings. The van der Waals surface area contributed by atoms with E-state index in [2.05, 4.69) is 9.97 Å². The lowest BCUT2D eigenvalue weighted by Gasteiger charge is -2.34. The molecule has 0 saturated carbocycles. The van der Waals surface area contributed by atoms with E-state index >= 15 is 0 Å². The molecule has 2 heterocycles. The molecule has 1 fully saturated rings. The summed E-state index contributed by atoms with van der Waals surface area (Å²) >= 11 is 0. The van der Waals surface area contributed by atoms with Gasteiger partial charge in [-0.2, -0.15) is 4.31 Å². The summed E-state index contributed by atoms with van der Waals surface area (Å²) < 4.78 is 32.5. The molecule has 9 heteroatoms. The highest BCUT2D eigenvalue weighted by molar-refractivity contribution is 7.89. The largest absolute Gasteiger partial charge is 0.466 e. The molecular weight excluding hydrogens is 346 g/mol. The number of imidazole rings is 1. The smallest absolute Gasteiger partial charge is 0.323 e. The van der Waals surface area contributed by atoms with Crippen LogP contribution < -0.4 is 5.69 Å². The lowest BCUT2D eigenvalue weighted by molar-refractivity contribution is -0.144. The van der Waals surface area contributed by atoms with Crippen molar-refractivity contribution in [1.82, 2.24) is 14.3 Å². The number of nitrogens with one attached hydrogen (secondary N) is 2. The van der Waals surface area contributed by atoms with Gasteiger partial charge in [-0.25, -0.2) is 13.2 Å². The maximum Gasteiger partial charge on any atom is 0.323 e. The third-order valence-electron chi connectivity index (χ3n) is 4.37. The summed E-state index contributed by atoms with van der Waals surface area (Å²) in [6.45, 7) is 2.37. The van der Waals surface area contributed by atoms with Crippen molar-refractivity contribution in [1.29, 1.82) is 0 Å². The number of rotatable bonds is 5. The number of sulfonamides is 1. The maximum atomic E-state index is 13.1. The number of aromatic nitrogens is 2. The number of esters is 1. The van der Waals surface area contributed by atoms with E-state index in [0.717, 1.165) is 12.8 Å². The number of ether oxygens (including phenoxy) is 1. The predicted molar refractivity (Wildman–Crippen MR) is 91.7 cm³/mol. The first kappa shape index (κ1) is 17.7. The van der Waals surface area contributed by atoms with Gasteiger partial charge in [0, 0.05) is 12.6 Å². The number of H-pyrrole nitrogens is 2. The standard InChI is InChI=1S/C16H21N3O5S/c1-2-24-15(20)9-11-5-3-4-8-19(11)25(22,23)12-6-7-13-14(10-12)18-16(21)17-13/h6-7,10-11H,2-5,8-9H2,1H3,(H2,17,18,21)/t11-/m0/s1. The lowest BCUT2D eigenvalue weighted by Crippen LogP contribution is -2.44. The van der Waals surface area contributed by atoms with Gasteiger partial charge in [-0.15, -0.1) is 0 Å². The molecule has 3 rings (SSSR count). The highest BCUT2D eigenvalue weighted by Gasteiger charge is 2.35. The summed E-state index contributed by atoms with van der Waals surface area (Å²) in [5, 5.41) is 0. The van der Waals surface area contributed by atoms with Crippen LogP contribution in [-0.2, 0) is 19.6 Å². The molecule has 0 radical (unpaired) electrons. The summed E-state index contributed by atoms with van der Waals surface area (Å²) in [6.07, 6.45) is 2.31. The topological polar surface area (TPSA) is 112 Å². The van der Waals surface area contributed by atoms with Crippen molar-refractivity contribution >= 4 is 27.0 Å². The first-order valence-electron chi connectivity index (χ1n) is 8.31. The van der Waals surface area contributed by atoms with Crippen LogP contribution in [0.15, 0.2) is 27.9 Å². The minimum atomic E-state index is -3.76. The maximum absolute atomic E-state index is 13.1. The van der Waals surface area contributed by atoms with Crippen LogP contribution in [0.4, 0.5) is 0 Å². The van der Waals surface area contributed by atoms with Crippen LogP contribution in [0.3, 0.4) is 0 Å². The average Bonchev–Trinajstić information content (AvgIpc) is 2.94. The zero-order valence-electron chi connectivity index (χ0n) is 13.9. The molecule has 1 aromatic heterocycles. The van der Waals surface area contributed by atoms with Crippen LogP contribution in [0.25, 0.3) is 11.0 Å². The summed E-state index contributed by atoms with van der Waals surface area (Å²) in [7, 11) is -3.76. The molecule has 0 spiro atoms. The Balaban J connectivity index is 1.91. The van der Waals surface area contributed by atoms with Gasteiger partial charge in [-0.05, 0) is 38.0 Å². The zero-order chi connectivity index (χ0) is 18.0. The number of carbonyl (C=O) groups excluding carboxylic acids is 1. The first-order valence-corrected chi connectivity index (χ1v) is 9.75. The van der Waals surface area contributed by atoms with E-state index in [1.807, 2.05) is 0 Å². The van der Waals surface area contributed by atoms with Gasteiger partial charge in [0.1, 0.15) is 0 Å². The minimum absolute atomic E-state index is 0.0519. The van der Waals surface area contributed by atoms with Crippen molar-refractivity contribution < 1.29 is 17.9 Å². The van der Waals surface area contributed by atoms with Gasteiger partial charge in [-0.1, -0.05) is 6.42 Å². The van der Waals surface area contributed by atoms with Crippen molar-refractivity contribution in [2.45, 2.75) is 43.5 Å². The molecule has 0 aliphatic carbocycles. The predicted octanol–water partition coefficient (Wildman–Crippen LogP) is 1.35. The highest BCUT2D eigenvalue weighted by Crippen LogP contribution is 2.28. The van der Waals surface area contributed by atoms with Crippen molar-refractivity contribution in [2.24, 2.45) is 0 Å². The molecule has 1 aromatic carbocycles. The Bertz CT molecular complexity index is 931. The molecule has 0 amide bonds. The first-order chi connectivity index (χ1) is 11.9. The van der Waals surface area contributed by atoms with Gasteiger partial charge in [0.05, 0.1) is 29.0 Å². The number of nitrogens with zero attached hydrogens (tertiary/aromatic N) is 1. The SMILES string of the molecule is CCOC(=O)C[C@@H]1CCCCN1S(=O)(=O)c1ccc2[nH]c(=O)[nH]c2c1. The third kappa shape index (κ3) is 3.62. The molecule has 1 atom stereocenters. The molecule has 1 saturated heterocycles. The molecule has 1 aliphatic rings. The van der Waals surface area contributed by atoms with Crippen molar-refractivity contribution in [2.75, 3.05) is 13.2 Å². The number of carbonyl (C=O) groups is 1. The van der Waals surface area contributed by atoms with Crippen molar-refractivity contribution in [3.63, 3.8) is 0 Å². The van der Waals surface area contributed by atoms with Crippen LogP contribution in [0.5, 0.6) is 0 Å². The number of hydrogen-bond donors (Lipinski definition) is 2. The third-order valence-corrected chi connectivity index (χ3v) is 6.32. The fourth-order valence-electron chi connectivity index (χ4n) is 3.21. The molecule has 8 nitrogen and oxygen atoms in total. The van der Waals surface area contributed by atoms with Gasteiger partial charge < -0.3 is 14.7 Å². The average molecular weight is 367 g/mol. The number of aromatic amines is 2. The zero-order valence-corrected chi connectivity index (χ0v) is 14.8. The van der Waals surface area contributed by atoms with Crippen LogP contribution in [0.1, 0.15) is 32.6 Å². The Morgan fingerprint density at radius 3 is 2.80 bits per heavy atom. The van der Waals surface area contributed by atoms with Crippen LogP contribution in [0, 0.1) is 0 Å². The second-order valence-corrected chi connectivity index (χ2v) is 7.95. The Morgan fingerprint density at radius 1 is 1.28 bits per heavy atom. The summed E-state index contributed by atoms with van der Waals surface area (Å²) in [5.41, 5.74) is 0.596. The van der Waals surface area contributed by atoms with E-state index in [9.17, 15) is 18.0 Å². The molecular formula is C16H21N3O5S. The second kappa shape index (κ2) is 7.01. The number of benzene rings is 1. The summed E-state index contributed by atoms with van der Waals surface area (Å²) in [6, 6.07) is 4.07. The van der Waals surface area contributed by atoms with Gasteiger partial charge in [0.2, 0.25) is 10.0 Å². The molecule has 0 unspecified atom stereocenters.